The van der Waals surface area contributed by atoms with Crippen LogP contribution in [0, 0.1) is 12.8 Å². The van der Waals surface area contributed by atoms with Crippen LogP contribution >= 0.6 is 11.6 Å². The van der Waals surface area contributed by atoms with Crippen LogP contribution in [0.3, 0.4) is 0 Å². The molecule has 0 unspecified atom stereocenters. The second-order valence-electron chi connectivity index (χ2n) is 7.55. The predicted molar refractivity (Wildman–Crippen MR) is 120 cm³/mol. The summed E-state index contributed by atoms with van der Waals surface area (Å²) >= 11 is 5.94. The molecule has 3 aromatic rings. The molecule has 0 saturated heterocycles. The molecule has 3 aromatic carbocycles. The average Bonchev–Trinajstić information content (AvgIpc) is 3.12. The van der Waals surface area contributed by atoms with Crippen molar-refractivity contribution in [3.05, 3.63) is 94.0 Å². The number of esters is 1. The van der Waals surface area contributed by atoms with E-state index in [1.807, 2.05) is 0 Å². The number of hydrogen-bond acceptors (Lipinski definition) is 6. The van der Waals surface area contributed by atoms with E-state index in [4.69, 9.17) is 16.3 Å². The van der Waals surface area contributed by atoms with Crippen molar-refractivity contribution < 1.29 is 29.0 Å². The van der Waals surface area contributed by atoms with E-state index in [2.05, 4.69) is 5.32 Å². The molecule has 166 valence electrons. The SMILES string of the molecule is Cc1cc(Cl)ccc1NC(=O)C(=O)[C@@H](C(=O)c1ccccc1O)[C@@H]1OC(=O)c2ccccc21. The topological polar surface area (TPSA) is 110 Å². The second-order valence-corrected chi connectivity index (χ2v) is 7.99. The molecular formula is C25H18ClNO6. The van der Waals surface area contributed by atoms with Crippen molar-refractivity contribution in [2.45, 2.75) is 13.0 Å². The smallest absolute Gasteiger partial charge is 0.339 e. The van der Waals surface area contributed by atoms with Gasteiger partial charge in [-0.15, -0.1) is 0 Å². The predicted octanol–water partition coefficient (Wildman–Crippen LogP) is 4.27. The third kappa shape index (κ3) is 4.23. The fraction of sp³-hybridized carbons (Fsp3) is 0.120. The van der Waals surface area contributed by atoms with Crippen molar-refractivity contribution in [2.24, 2.45) is 5.92 Å². The first-order valence-corrected chi connectivity index (χ1v) is 10.4. The Bertz CT molecular complexity index is 1300. The van der Waals surface area contributed by atoms with Gasteiger partial charge in [0.25, 0.3) is 5.91 Å². The number of para-hydroxylation sites is 1. The molecule has 33 heavy (non-hydrogen) atoms. The van der Waals surface area contributed by atoms with E-state index in [-0.39, 0.29) is 16.9 Å². The Morgan fingerprint density at radius 2 is 1.73 bits per heavy atom. The lowest BCUT2D eigenvalue weighted by Gasteiger charge is -2.21. The number of carbonyl (C=O) groups is 4. The highest BCUT2D eigenvalue weighted by Crippen LogP contribution is 2.39. The molecule has 0 radical (unpaired) electrons. The Morgan fingerprint density at radius 3 is 2.45 bits per heavy atom. The van der Waals surface area contributed by atoms with E-state index >= 15 is 0 Å². The number of phenolic OH excluding ortho intramolecular Hbond substituents is 1. The molecule has 0 aliphatic carbocycles. The summed E-state index contributed by atoms with van der Waals surface area (Å²) in [4.78, 5) is 52.0. The van der Waals surface area contributed by atoms with Crippen LogP contribution in [-0.4, -0.2) is 28.5 Å². The van der Waals surface area contributed by atoms with E-state index < -0.39 is 35.5 Å². The summed E-state index contributed by atoms with van der Waals surface area (Å²) in [5.41, 5.74) is 1.33. The van der Waals surface area contributed by atoms with Crippen LogP contribution in [0.1, 0.15) is 37.9 Å². The van der Waals surface area contributed by atoms with E-state index in [0.29, 0.717) is 21.8 Å². The highest BCUT2D eigenvalue weighted by Gasteiger charge is 2.46. The number of amides is 1. The summed E-state index contributed by atoms with van der Waals surface area (Å²) in [6.45, 7) is 1.70. The number of nitrogens with one attached hydrogen (secondary N) is 1. The molecule has 4 rings (SSSR count). The quantitative estimate of drug-likeness (QED) is 0.244. The number of aromatic hydroxyl groups is 1. The average molecular weight is 464 g/mol. The van der Waals surface area contributed by atoms with E-state index in [1.165, 1.54) is 36.4 Å². The molecule has 0 bridgehead atoms. The van der Waals surface area contributed by atoms with Gasteiger partial charge in [-0.05, 0) is 48.9 Å². The molecular weight excluding hydrogens is 446 g/mol. The van der Waals surface area contributed by atoms with Crippen molar-refractivity contribution in [3.8, 4) is 5.75 Å². The Kier molecular flexibility index (Phi) is 5.98. The Hall–Kier alpha value is -3.97. The largest absolute Gasteiger partial charge is 0.507 e. The minimum Gasteiger partial charge on any atom is -0.507 e. The first-order chi connectivity index (χ1) is 15.8. The number of benzene rings is 3. The number of ether oxygens (including phenoxy) is 1. The highest BCUT2D eigenvalue weighted by atomic mass is 35.5. The third-order valence-electron chi connectivity index (χ3n) is 5.42. The van der Waals surface area contributed by atoms with Crippen molar-refractivity contribution >= 4 is 40.7 Å². The lowest BCUT2D eigenvalue weighted by Crippen LogP contribution is -2.38. The number of aryl methyl sites for hydroxylation is 1. The zero-order chi connectivity index (χ0) is 23.7. The standard InChI is InChI=1S/C25H18ClNO6/c1-13-12-14(26)10-11-18(13)27-24(31)22(30)20(21(29)17-8-4-5-9-19(17)28)23-15-6-2-3-7-16(15)25(32)33-23/h2-12,20,23,28H,1H3,(H,27,31)/t20-,23-/m1/s1. The van der Waals surface area contributed by atoms with Crippen LogP contribution in [0.5, 0.6) is 5.75 Å². The van der Waals surface area contributed by atoms with Gasteiger partial charge in [-0.25, -0.2) is 4.79 Å². The second kappa shape index (κ2) is 8.88. The van der Waals surface area contributed by atoms with Crippen molar-refractivity contribution in [3.63, 3.8) is 0 Å². The van der Waals surface area contributed by atoms with Crippen molar-refractivity contribution in [1.82, 2.24) is 0 Å². The molecule has 1 aliphatic rings. The van der Waals surface area contributed by atoms with E-state index in [9.17, 15) is 24.3 Å². The number of anilines is 1. The Labute approximate surface area is 194 Å². The zero-order valence-electron chi connectivity index (χ0n) is 17.4. The zero-order valence-corrected chi connectivity index (χ0v) is 18.1. The normalized spacial score (nSPS) is 15.3. The number of Topliss-reactive ketones (excluding diaryl/α,β-unsaturated/α-hetero) is 2. The van der Waals surface area contributed by atoms with Gasteiger partial charge in [0.2, 0.25) is 5.78 Å². The maximum atomic E-state index is 13.4. The number of halogens is 1. The Balaban J connectivity index is 1.73. The lowest BCUT2D eigenvalue weighted by atomic mass is 9.84. The third-order valence-corrected chi connectivity index (χ3v) is 5.65. The van der Waals surface area contributed by atoms with Gasteiger partial charge in [0, 0.05) is 16.3 Å². The molecule has 1 heterocycles. The summed E-state index contributed by atoms with van der Waals surface area (Å²) in [7, 11) is 0. The number of hydrogen-bond donors (Lipinski definition) is 2. The molecule has 0 fully saturated rings. The van der Waals surface area contributed by atoms with Gasteiger partial charge in [-0.1, -0.05) is 41.9 Å². The van der Waals surface area contributed by atoms with Gasteiger partial charge in [0.15, 0.2) is 5.78 Å². The van der Waals surface area contributed by atoms with Crippen LogP contribution in [-0.2, 0) is 14.3 Å². The van der Waals surface area contributed by atoms with Crippen LogP contribution in [0.25, 0.3) is 0 Å². The maximum absolute atomic E-state index is 13.4. The summed E-state index contributed by atoms with van der Waals surface area (Å²) in [5, 5.41) is 13.1. The summed E-state index contributed by atoms with van der Waals surface area (Å²) in [6, 6.07) is 16.7. The van der Waals surface area contributed by atoms with Gasteiger partial charge < -0.3 is 15.2 Å². The summed E-state index contributed by atoms with van der Waals surface area (Å²) in [6.07, 6.45) is -1.31. The number of carbonyl (C=O) groups excluding carboxylic acids is 4. The van der Waals surface area contributed by atoms with Gasteiger partial charge in [-0.3, -0.25) is 14.4 Å². The fourth-order valence-electron chi connectivity index (χ4n) is 3.76. The first kappa shape index (κ1) is 22.2. The van der Waals surface area contributed by atoms with Crippen molar-refractivity contribution in [1.29, 1.82) is 0 Å². The number of phenols is 1. The minimum absolute atomic E-state index is 0.160. The molecule has 1 amide bonds. The van der Waals surface area contributed by atoms with E-state index in [0.717, 1.165) is 0 Å². The molecule has 0 saturated carbocycles. The molecule has 8 heteroatoms. The van der Waals surface area contributed by atoms with Gasteiger partial charge in [0.05, 0.1) is 11.1 Å². The summed E-state index contributed by atoms with van der Waals surface area (Å²) in [5.74, 6) is -5.75. The molecule has 2 N–H and O–H groups in total. The van der Waals surface area contributed by atoms with Crippen LogP contribution in [0.15, 0.2) is 66.7 Å². The highest BCUT2D eigenvalue weighted by molar-refractivity contribution is 6.45. The van der Waals surface area contributed by atoms with Gasteiger partial charge in [-0.2, -0.15) is 0 Å². The molecule has 0 spiro atoms. The number of fused-ring (bicyclic) bond motifs is 1. The minimum atomic E-state index is -1.70. The number of ketones is 2. The summed E-state index contributed by atoms with van der Waals surface area (Å²) < 4.78 is 5.38. The maximum Gasteiger partial charge on any atom is 0.339 e. The van der Waals surface area contributed by atoms with Crippen LogP contribution in [0.4, 0.5) is 5.69 Å². The van der Waals surface area contributed by atoms with E-state index in [1.54, 1.807) is 37.3 Å². The monoisotopic (exact) mass is 463 g/mol. The molecule has 0 aromatic heterocycles. The number of rotatable bonds is 6. The van der Waals surface area contributed by atoms with Crippen molar-refractivity contribution in [2.75, 3.05) is 5.32 Å². The van der Waals surface area contributed by atoms with Gasteiger partial charge in [0.1, 0.15) is 17.8 Å². The lowest BCUT2D eigenvalue weighted by molar-refractivity contribution is -0.138. The fourth-order valence-corrected chi connectivity index (χ4v) is 3.98. The van der Waals surface area contributed by atoms with Gasteiger partial charge >= 0.3 is 5.97 Å². The molecule has 7 nitrogen and oxygen atoms in total. The molecule has 1 aliphatic heterocycles. The van der Waals surface area contributed by atoms with Crippen LogP contribution < -0.4 is 5.32 Å². The van der Waals surface area contributed by atoms with Crippen LogP contribution in [0.2, 0.25) is 5.02 Å². The number of cyclic esters (lactones) is 1. The Morgan fingerprint density at radius 1 is 1.03 bits per heavy atom. The molecule has 2 atom stereocenters. The first-order valence-electron chi connectivity index (χ1n) is 10.0.